The van der Waals surface area contributed by atoms with E-state index in [0.717, 1.165) is 18.0 Å². The molecule has 0 radical (unpaired) electrons. The molecule has 0 unspecified atom stereocenters. The number of methoxy groups -OCH3 is 1. The Hall–Kier alpha value is -2.00. The van der Waals surface area contributed by atoms with Gasteiger partial charge in [-0.2, -0.15) is 0 Å². The molecule has 0 aliphatic heterocycles. The highest BCUT2D eigenvalue weighted by Gasteiger charge is 2.06. The molecule has 0 aliphatic rings. The van der Waals surface area contributed by atoms with E-state index in [1.807, 2.05) is 24.3 Å². The smallest absolute Gasteiger partial charge is 0.119 e. The predicted molar refractivity (Wildman–Crippen MR) is 86.1 cm³/mol. The van der Waals surface area contributed by atoms with Gasteiger partial charge in [-0.25, -0.2) is 0 Å². The molecule has 0 aromatic heterocycles. The zero-order valence-corrected chi connectivity index (χ0v) is 12.9. The second kappa shape index (κ2) is 7.70. The highest BCUT2D eigenvalue weighted by molar-refractivity contribution is 5.31. The first kappa shape index (κ1) is 15.4. The largest absolute Gasteiger partial charge is 0.497 e. The molecule has 3 nitrogen and oxygen atoms in total. The second-order valence-electron chi connectivity index (χ2n) is 5.06. The Balaban J connectivity index is 1.75. The molecule has 0 heterocycles. The summed E-state index contributed by atoms with van der Waals surface area (Å²) < 4.78 is 10.8. The van der Waals surface area contributed by atoms with Crippen LogP contribution < -0.4 is 14.8 Å². The summed E-state index contributed by atoms with van der Waals surface area (Å²) in [5.41, 5.74) is 2.65. The van der Waals surface area contributed by atoms with Crippen LogP contribution in [0, 0.1) is 6.92 Å². The monoisotopic (exact) mass is 285 g/mol. The van der Waals surface area contributed by atoms with E-state index < -0.39 is 0 Å². The number of ether oxygens (including phenoxy) is 2. The van der Waals surface area contributed by atoms with Crippen molar-refractivity contribution in [2.45, 2.75) is 19.9 Å². The van der Waals surface area contributed by atoms with E-state index in [4.69, 9.17) is 9.47 Å². The van der Waals surface area contributed by atoms with Crippen LogP contribution in [0.15, 0.2) is 48.5 Å². The Morgan fingerprint density at radius 3 is 2.33 bits per heavy atom. The summed E-state index contributed by atoms with van der Waals surface area (Å²) in [6.07, 6.45) is 0. The molecule has 2 aromatic carbocycles. The predicted octanol–water partition coefficient (Wildman–Crippen LogP) is 3.73. The van der Waals surface area contributed by atoms with Crippen molar-refractivity contribution in [3.8, 4) is 11.5 Å². The highest BCUT2D eigenvalue weighted by atomic mass is 16.5. The van der Waals surface area contributed by atoms with Crippen molar-refractivity contribution in [2.75, 3.05) is 20.3 Å². The highest BCUT2D eigenvalue weighted by Crippen LogP contribution is 2.18. The van der Waals surface area contributed by atoms with Gasteiger partial charge in [-0.3, -0.25) is 0 Å². The van der Waals surface area contributed by atoms with Crippen LogP contribution in [0.1, 0.15) is 24.1 Å². The molecule has 0 fully saturated rings. The van der Waals surface area contributed by atoms with E-state index in [2.05, 4.69) is 43.4 Å². The van der Waals surface area contributed by atoms with Gasteiger partial charge >= 0.3 is 0 Å². The van der Waals surface area contributed by atoms with Gasteiger partial charge < -0.3 is 14.8 Å². The molecule has 0 aliphatic carbocycles. The zero-order valence-electron chi connectivity index (χ0n) is 12.9. The van der Waals surface area contributed by atoms with E-state index in [9.17, 15) is 0 Å². The van der Waals surface area contributed by atoms with Gasteiger partial charge in [0.05, 0.1) is 7.11 Å². The summed E-state index contributed by atoms with van der Waals surface area (Å²) in [6, 6.07) is 16.4. The number of hydrogen-bond acceptors (Lipinski definition) is 3. The van der Waals surface area contributed by atoms with Crippen molar-refractivity contribution in [1.29, 1.82) is 0 Å². The molecule has 1 N–H and O–H groups in total. The quantitative estimate of drug-likeness (QED) is 0.786. The molecule has 2 aromatic rings. The lowest BCUT2D eigenvalue weighted by molar-refractivity contribution is 0.307. The number of rotatable bonds is 7. The first-order valence-corrected chi connectivity index (χ1v) is 7.26. The van der Waals surface area contributed by atoms with Crippen molar-refractivity contribution < 1.29 is 9.47 Å². The van der Waals surface area contributed by atoms with Gasteiger partial charge in [0.25, 0.3) is 0 Å². The third kappa shape index (κ3) is 4.50. The molecular weight excluding hydrogens is 262 g/mol. The van der Waals surface area contributed by atoms with Crippen molar-refractivity contribution in [3.63, 3.8) is 0 Å². The third-order valence-corrected chi connectivity index (χ3v) is 3.54. The van der Waals surface area contributed by atoms with Gasteiger partial charge in [0, 0.05) is 12.6 Å². The molecule has 0 saturated heterocycles. The maximum absolute atomic E-state index is 5.70. The Morgan fingerprint density at radius 2 is 1.67 bits per heavy atom. The summed E-state index contributed by atoms with van der Waals surface area (Å²) in [4.78, 5) is 0. The van der Waals surface area contributed by atoms with Crippen molar-refractivity contribution in [2.24, 2.45) is 0 Å². The summed E-state index contributed by atoms with van der Waals surface area (Å²) in [5, 5.41) is 3.48. The van der Waals surface area contributed by atoms with Gasteiger partial charge in [-0.15, -0.1) is 0 Å². The summed E-state index contributed by atoms with van der Waals surface area (Å²) in [6.45, 7) is 5.77. The maximum atomic E-state index is 5.70. The van der Waals surface area contributed by atoms with Crippen LogP contribution in [0.25, 0.3) is 0 Å². The van der Waals surface area contributed by atoms with Crippen molar-refractivity contribution >= 4 is 0 Å². The van der Waals surface area contributed by atoms with Crippen LogP contribution in [-0.2, 0) is 0 Å². The van der Waals surface area contributed by atoms with E-state index in [1.54, 1.807) is 7.11 Å². The normalized spacial score (nSPS) is 12.0. The van der Waals surface area contributed by atoms with Crippen LogP contribution in [0.5, 0.6) is 11.5 Å². The van der Waals surface area contributed by atoms with Crippen LogP contribution in [-0.4, -0.2) is 20.3 Å². The fraction of sp³-hybridized carbons (Fsp3) is 0.333. The molecule has 0 saturated carbocycles. The molecule has 3 heteroatoms. The molecule has 0 amide bonds. The van der Waals surface area contributed by atoms with Crippen molar-refractivity contribution in [3.05, 3.63) is 59.7 Å². The topological polar surface area (TPSA) is 30.5 Å². The Bertz CT molecular complexity index is 551. The van der Waals surface area contributed by atoms with Crippen LogP contribution >= 0.6 is 0 Å². The number of nitrogens with one attached hydrogen (secondary N) is 1. The minimum absolute atomic E-state index is 0.325. The fourth-order valence-electron chi connectivity index (χ4n) is 2.30. The number of benzene rings is 2. The van der Waals surface area contributed by atoms with Crippen molar-refractivity contribution in [1.82, 2.24) is 5.32 Å². The Labute approximate surface area is 126 Å². The van der Waals surface area contributed by atoms with Crippen LogP contribution in [0.4, 0.5) is 0 Å². The number of hydrogen-bond donors (Lipinski definition) is 1. The molecule has 112 valence electrons. The molecular formula is C18H23NO2. The van der Waals surface area contributed by atoms with Gasteiger partial charge in [0.1, 0.15) is 18.1 Å². The lowest BCUT2D eigenvalue weighted by Crippen LogP contribution is -2.24. The van der Waals surface area contributed by atoms with E-state index in [1.165, 1.54) is 11.1 Å². The standard InChI is InChI=1S/C18H23NO2/c1-14-6-4-5-7-18(14)15(2)19-12-13-21-17-10-8-16(20-3)9-11-17/h4-11,15,19H,12-13H2,1-3H3/t15-/m1/s1. The van der Waals surface area contributed by atoms with Crippen LogP contribution in [0.2, 0.25) is 0 Å². The SMILES string of the molecule is COc1ccc(OCCN[C@H](C)c2ccccc2C)cc1. The zero-order chi connectivity index (χ0) is 15.1. The van der Waals surface area contributed by atoms with E-state index in [-0.39, 0.29) is 0 Å². The Kier molecular flexibility index (Phi) is 5.64. The van der Waals surface area contributed by atoms with Gasteiger partial charge in [0.15, 0.2) is 0 Å². The Morgan fingerprint density at radius 1 is 1.00 bits per heavy atom. The van der Waals surface area contributed by atoms with Gasteiger partial charge in [-0.05, 0) is 49.2 Å². The molecule has 0 bridgehead atoms. The lowest BCUT2D eigenvalue weighted by Gasteiger charge is -2.16. The first-order valence-electron chi connectivity index (χ1n) is 7.26. The van der Waals surface area contributed by atoms with E-state index >= 15 is 0 Å². The minimum atomic E-state index is 0.325. The first-order chi connectivity index (χ1) is 10.2. The molecule has 0 spiro atoms. The van der Waals surface area contributed by atoms with Gasteiger partial charge in [-0.1, -0.05) is 24.3 Å². The molecule has 1 atom stereocenters. The summed E-state index contributed by atoms with van der Waals surface area (Å²) in [5.74, 6) is 1.70. The third-order valence-electron chi connectivity index (χ3n) is 3.54. The minimum Gasteiger partial charge on any atom is -0.497 e. The van der Waals surface area contributed by atoms with Crippen LogP contribution in [0.3, 0.4) is 0 Å². The average Bonchev–Trinajstić information content (AvgIpc) is 2.52. The summed E-state index contributed by atoms with van der Waals surface area (Å²) >= 11 is 0. The number of aryl methyl sites for hydroxylation is 1. The second-order valence-corrected chi connectivity index (χ2v) is 5.06. The maximum Gasteiger partial charge on any atom is 0.119 e. The average molecular weight is 285 g/mol. The summed E-state index contributed by atoms with van der Waals surface area (Å²) in [7, 11) is 1.66. The fourth-order valence-corrected chi connectivity index (χ4v) is 2.30. The lowest BCUT2D eigenvalue weighted by atomic mass is 10.0. The van der Waals surface area contributed by atoms with Gasteiger partial charge in [0.2, 0.25) is 0 Å². The molecule has 2 rings (SSSR count). The van der Waals surface area contributed by atoms with E-state index in [0.29, 0.717) is 12.6 Å². The molecule has 21 heavy (non-hydrogen) atoms.